The first-order valence-corrected chi connectivity index (χ1v) is 13.5. The number of para-hydroxylation sites is 2. The van der Waals surface area contributed by atoms with Crippen LogP contribution in [0.5, 0.6) is 17.2 Å². The maximum atomic E-state index is 14.9. The fourth-order valence-corrected chi connectivity index (χ4v) is 6.80. The molecule has 0 bridgehead atoms. The average molecular weight is 520 g/mol. The number of hydrogen-bond acceptors (Lipinski definition) is 3. The van der Waals surface area contributed by atoms with Gasteiger partial charge in [-0.1, -0.05) is 84.9 Å². The normalized spacial score (nSPS) is 16.8. The molecule has 1 amide bonds. The minimum Gasteiger partial charge on any atom is -0.497 e. The Bertz CT molecular complexity index is 1860. The summed E-state index contributed by atoms with van der Waals surface area (Å²) in [5, 5.41) is 4.57. The van der Waals surface area contributed by atoms with Gasteiger partial charge in [0.25, 0.3) is 0 Å². The molecule has 2 aliphatic heterocycles. The highest BCUT2D eigenvalue weighted by molar-refractivity contribution is 6.16. The van der Waals surface area contributed by atoms with Crippen molar-refractivity contribution in [2.24, 2.45) is 0 Å². The van der Waals surface area contributed by atoms with Crippen molar-refractivity contribution < 1.29 is 14.3 Å². The van der Waals surface area contributed by atoms with Crippen molar-refractivity contribution in [1.82, 2.24) is 0 Å². The van der Waals surface area contributed by atoms with Crippen LogP contribution in [0.1, 0.15) is 22.7 Å². The highest BCUT2D eigenvalue weighted by atomic mass is 16.5. The van der Waals surface area contributed by atoms with Crippen LogP contribution in [0.15, 0.2) is 127 Å². The van der Waals surface area contributed by atoms with Gasteiger partial charge in [0.1, 0.15) is 22.7 Å². The summed E-state index contributed by atoms with van der Waals surface area (Å²) in [6, 6.07) is 42.6. The third-order valence-corrected chi connectivity index (χ3v) is 8.51. The smallest absolute Gasteiger partial charge is 0.245 e. The van der Waals surface area contributed by atoms with Crippen LogP contribution in [-0.2, 0) is 10.2 Å². The third kappa shape index (κ3) is 2.93. The molecule has 8 rings (SSSR count). The third-order valence-electron chi connectivity index (χ3n) is 8.51. The Hall–Kier alpha value is -5.09. The number of β-lactam (4-membered cyclic amide) rings is 1. The van der Waals surface area contributed by atoms with Crippen molar-refractivity contribution in [3.63, 3.8) is 0 Å². The second-order valence-corrected chi connectivity index (χ2v) is 10.4. The lowest BCUT2D eigenvalue weighted by Gasteiger charge is -2.58. The van der Waals surface area contributed by atoms with Gasteiger partial charge in [-0.3, -0.25) is 4.79 Å². The predicted molar refractivity (Wildman–Crippen MR) is 158 cm³/mol. The fourth-order valence-electron chi connectivity index (χ4n) is 6.80. The second-order valence-electron chi connectivity index (χ2n) is 10.4. The Morgan fingerprint density at radius 1 is 0.675 bits per heavy atom. The zero-order valence-corrected chi connectivity index (χ0v) is 21.9. The fraction of sp³-hybridized carbons (Fsp3) is 0.0833. The summed E-state index contributed by atoms with van der Waals surface area (Å²) in [6.07, 6.45) is 0. The Morgan fingerprint density at radius 2 is 1.20 bits per heavy atom. The van der Waals surface area contributed by atoms with Gasteiger partial charge in [-0.25, -0.2) is 0 Å². The molecule has 192 valence electrons. The summed E-state index contributed by atoms with van der Waals surface area (Å²) in [5.41, 5.74) is 2.80. The highest BCUT2D eigenvalue weighted by Gasteiger charge is 2.67. The van der Waals surface area contributed by atoms with E-state index in [2.05, 4.69) is 66.7 Å². The van der Waals surface area contributed by atoms with Crippen molar-refractivity contribution in [2.75, 3.05) is 12.0 Å². The molecule has 40 heavy (non-hydrogen) atoms. The van der Waals surface area contributed by atoms with Gasteiger partial charge in [0.15, 0.2) is 0 Å². The molecule has 0 N–H and O–H groups in total. The monoisotopic (exact) mass is 519 g/mol. The van der Waals surface area contributed by atoms with Crippen LogP contribution in [0, 0.1) is 0 Å². The molecule has 2 aliphatic rings. The summed E-state index contributed by atoms with van der Waals surface area (Å²) >= 11 is 0. The molecular formula is C36H25NO3. The summed E-state index contributed by atoms with van der Waals surface area (Å²) in [6.45, 7) is 0. The van der Waals surface area contributed by atoms with Gasteiger partial charge in [0.05, 0.1) is 13.2 Å². The van der Waals surface area contributed by atoms with Gasteiger partial charge in [0.2, 0.25) is 5.91 Å². The molecule has 1 spiro atoms. The van der Waals surface area contributed by atoms with Crippen LogP contribution in [0.3, 0.4) is 0 Å². The summed E-state index contributed by atoms with van der Waals surface area (Å²) < 4.78 is 11.8. The molecule has 4 heteroatoms. The minimum atomic E-state index is -0.960. The van der Waals surface area contributed by atoms with E-state index in [1.165, 1.54) is 0 Å². The van der Waals surface area contributed by atoms with Crippen molar-refractivity contribution in [3.8, 4) is 17.2 Å². The van der Waals surface area contributed by atoms with E-state index in [0.29, 0.717) is 0 Å². The highest BCUT2D eigenvalue weighted by Crippen LogP contribution is 2.64. The zero-order valence-electron chi connectivity index (χ0n) is 21.9. The molecule has 0 aromatic heterocycles. The number of methoxy groups -OCH3 is 1. The van der Waals surface area contributed by atoms with Gasteiger partial charge < -0.3 is 14.4 Å². The Morgan fingerprint density at radius 3 is 1.77 bits per heavy atom. The summed E-state index contributed by atoms with van der Waals surface area (Å²) in [7, 11) is 1.65. The number of fused-ring (bicyclic) bond motifs is 6. The van der Waals surface area contributed by atoms with Crippen LogP contribution in [-0.4, -0.2) is 13.0 Å². The molecule has 0 radical (unpaired) electrons. The van der Waals surface area contributed by atoms with Crippen molar-refractivity contribution in [3.05, 3.63) is 144 Å². The first kappa shape index (κ1) is 22.9. The Balaban J connectivity index is 1.51. The molecule has 1 saturated heterocycles. The van der Waals surface area contributed by atoms with E-state index in [9.17, 15) is 4.79 Å². The van der Waals surface area contributed by atoms with E-state index in [1.807, 2.05) is 65.6 Å². The van der Waals surface area contributed by atoms with E-state index in [-0.39, 0.29) is 11.9 Å². The molecule has 6 aromatic rings. The first-order chi connectivity index (χ1) is 19.7. The summed E-state index contributed by atoms with van der Waals surface area (Å²) in [5.74, 6) is 2.22. The van der Waals surface area contributed by atoms with Gasteiger partial charge in [-0.15, -0.1) is 0 Å². The molecule has 0 aliphatic carbocycles. The van der Waals surface area contributed by atoms with Crippen molar-refractivity contribution in [2.45, 2.75) is 11.5 Å². The van der Waals surface area contributed by atoms with Gasteiger partial charge >= 0.3 is 0 Å². The van der Waals surface area contributed by atoms with Crippen LogP contribution >= 0.6 is 0 Å². The number of nitrogens with zero attached hydrogens (tertiary/aromatic N) is 1. The van der Waals surface area contributed by atoms with E-state index in [0.717, 1.165) is 61.2 Å². The van der Waals surface area contributed by atoms with E-state index in [4.69, 9.17) is 9.47 Å². The standard InChI is InChI=1S/C36H25NO3/c1-39-26-20-18-25(19-21-26)37-34(33-27-12-4-2-10-23(27)22-24-11-3-5-13-28(24)33)36(35(37)38)29-14-6-8-16-31(29)40-32-17-9-7-15-30(32)36/h2-22,34H,1H3/t34-/m0/s1. The number of ether oxygens (including phenoxy) is 2. The molecule has 6 aromatic carbocycles. The predicted octanol–water partition coefficient (Wildman–Crippen LogP) is 8.18. The van der Waals surface area contributed by atoms with Crippen LogP contribution in [0.25, 0.3) is 21.5 Å². The largest absolute Gasteiger partial charge is 0.497 e. The van der Waals surface area contributed by atoms with Gasteiger partial charge in [-0.05, 0) is 69.6 Å². The van der Waals surface area contributed by atoms with E-state index < -0.39 is 5.41 Å². The molecular weight excluding hydrogens is 494 g/mol. The number of anilines is 1. The molecule has 4 nitrogen and oxygen atoms in total. The maximum Gasteiger partial charge on any atom is 0.245 e. The first-order valence-electron chi connectivity index (χ1n) is 13.5. The lowest BCUT2D eigenvalue weighted by Crippen LogP contribution is -2.67. The van der Waals surface area contributed by atoms with Gasteiger partial charge in [0, 0.05) is 16.8 Å². The SMILES string of the molecule is COc1ccc(N2C(=O)C3(c4ccccc4Oc4ccccc43)[C@@H]2c2c3ccccc3cc3ccccc23)cc1. The topological polar surface area (TPSA) is 38.8 Å². The maximum absolute atomic E-state index is 14.9. The van der Waals surface area contributed by atoms with E-state index in [1.54, 1.807) is 7.11 Å². The summed E-state index contributed by atoms with van der Waals surface area (Å²) in [4.78, 5) is 16.9. The lowest BCUT2D eigenvalue weighted by atomic mass is 9.57. The zero-order chi connectivity index (χ0) is 26.8. The lowest BCUT2D eigenvalue weighted by molar-refractivity contribution is -0.131. The van der Waals surface area contributed by atoms with Crippen LogP contribution < -0.4 is 14.4 Å². The van der Waals surface area contributed by atoms with Crippen molar-refractivity contribution >= 4 is 33.1 Å². The second kappa shape index (κ2) is 8.45. The number of rotatable bonds is 3. The van der Waals surface area contributed by atoms with Crippen molar-refractivity contribution in [1.29, 1.82) is 0 Å². The van der Waals surface area contributed by atoms with Crippen LogP contribution in [0.4, 0.5) is 5.69 Å². The number of amides is 1. The average Bonchev–Trinajstić information content (AvgIpc) is 3.01. The number of benzene rings is 6. The molecule has 1 atom stereocenters. The number of carbonyl (C=O) groups excluding carboxylic acids is 1. The van der Waals surface area contributed by atoms with E-state index >= 15 is 0 Å². The molecule has 0 saturated carbocycles. The number of hydrogen-bond donors (Lipinski definition) is 0. The minimum absolute atomic E-state index is 0.0304. The van der Waals surface area contributed by atoms with Crippen LogP contribution in [0.2, 0.25) is 0 Å². The Labute approximate surface area is 232 Å². The van der Waals surface area contributed by atoms with Gasteiger partial charge in [-0.2, -0.15) is 0 Å². The number of carbonyl (C=O) groups is 1. The molecule has 2 heterocycles. The molecule has 0 unspecified atom stereocenters. The Kier molecular flexibility index (Phi) is 4.83. The molecule has 1 fully saturated rings. The quantitative estimate of drug-likeness (QED) is 0.175.